The molecule has 3 N–H and O–H groups in total. The van der Waals surface area contributed by atoms with Gasteiger partial charge in [0.1, 0.15) is 12.2 Å². The Balaban J connectivity index is 4.10. The number of phosphoric acid groups is 1. The van der Waals surface area contributed by atoms with E-state index in [1.165, 1.54) is 154 Å². The van der Waals surface area contributed by atoms with Crippen LogP contribution >= 0.6 is 7.82 Å². The molecule has 10 heteroatoms. The number of allylic oxidation sites excluding steroid dienone is 4. The summed E-state index contributed by atoms with van der Waals surface area (Å²) in [6, 6.07) is 0. The van der Waals surface area contributed by atoms with Crippen molar-refractivity contribution in [2.24, 2.45) is 0 Å². The number of phosphoric ester groups is 1. The van der Waals surface area contributed by atoms with Crippen molar-refractivity contribution in [2.75, 3.05) is 33.0 Å². The maximum Gasteiger partial charge on any atom is 0.472 e. The summed E-state index contributed by atoms with van der Waals surface area (Å²) < 4.78 is 33.4. The normalized spacial score (nSPS) is 14.2. The van der Waals surface area contributed by atoms with Crippen LogP contribution in [0.1, 0.15) is 213 Å². The van der Waals surface area contributed by atoms with Crippen molar-refractivity contribution in [1.29, 1.82) is 0 Å². The van der Waals surface area contributed by atoms with Gasteiger partial charge in [-0.2, -0.15) is 0 Å². The molecule has 55 heavy (non-hydrogen) atoms. The van der Waals surface area contributed by atoms with Gasteiger partial charge in [-0.15, -0.1) is 0 Å². The summed E-state index contributed by atoms with van der Waals surface area (Å²) in [6.45, 7) is 3.54. The van der Waals surface area contributed by atoms with Crippen LogP contribution in [-0.4, -0.2) is 66.3 Å². The fourth-order valence-electron chi connectivity index (χ4n) is 6.39. The number of carbonyl (C=O) groups excluding carboxylic acids is 1. The second-order valence-corrected chi connectivity index (χ2v) is 16.9. The van der Waals surface area contributed by atoms with E-state index in [4.69, 9.17) is 23.6 Å². The predicted molar refractivity (Wildman–Crippen MR) is 228 cm³/mol. The van der Waals surface area contributed by atoms with Gasteiger partial charge in [0, 0.05) is 13.0 Å². The van der Waals surface area contributed by atoms with E-state index < -0.39 is 33.2 Å². The third-order valence-corrected chi connectivity index (χ3v) is 10.8. The quantitative estimate of drug-likeness (QED) is 0.0238. The molecule has 9 nitrogen and oxygen atoms in total. The lowest BCUT2D eigenvalue weighted by molar-refractivity contribution is -0.154. The SMILES string of the molecule is CCCCCCC/C=C\C/C=C\CCCCCCCCCCCC(=O)OC(COCCCCCCCCCCCCCCC)COP(=O)(O)OCC(O)CO. The maximum atomic E-state index is 12.6. The number of unbranched alkanes of at least 4 members (excludes halogenated alkanes) is 26. The highest BCUT2D eigenvalue weighted by Gasteiger charge is 2.26. The molecule has 0 aromatic heterocycles. The van der Waals surface area contributed by atoms with Crippen LogP contribution in [0.4, 0.5) is 0 Å². The van der Waals surface area contributed by atoms with Gasteiger partial charge in [-0.1, -0.05) is 186 Å². The number of hydrogen-bond donors (Lipinski definition) is 3. The van der Waals surface area contributed by atoms with Crippen LogP contribution in [0.2, 0.25) is 0 Å². The number of esters is 1. The Kier molecular flexibility index (Phi) is 41.7. The molecule has 0 saturated heterocycles. The summed E-state index contributed by atoms with van der Waals surface area (Å²) in [5.41, 5.74) is 0. The number of aliphatic hydroxyl groups excluding tert-OH is 2. The van der Waals surface area contributed by atoms with Crippen molar-refractivity contribution in [2.45, 2.75) is 225 Å². The number of hydrogen-bond acceptors (Lipinski definition) is 8. The topological polar surface area (TPSA) is 132 Å². The highest BCUT2D eigenvalue weighted by Crippen LogP contribution is 2.43. The summed E-state index contributed by atoms with van der Waals surface area (Å²) in [5, 5.41) is 18.3. The summed E-state index contributed by atoms with van der Waals surface area (Å²) in [7, 11) is -4.51. The molecule has 326 valence electrons. The van der Waals surface area contributed by atoms with Gasteiger partial charge in [-0.05, 0) is 44.9 Å². The van der Waals surface area contributed by atoms with Crippen molar-refractivity contribution in [3.8, 4) is 0 Å². The molecule has 0 aromatic rings. The van der Waals surface area contributed by atoms with Crippen molar-refractivity contribution in [3.05, 3.63) is 24.3 Å². The number of aliphatic hydroxyl groups is 2. The van der Waals surface area contributed by atoms with Crippen LogP contribution in [0.25, 0.3) is 0 Å². The van der Waals surface area contributed by atoms with E-state index in [2.05, 4.69) is 38.2 Å². The predicted octanol–water partition coefficient (Wildman–Crippen LogP) is 12.6. The lowest BCUT2D eigenvalue weighted by atomic mass is 10.0. The average molecular weight is 803 g/mol. The number of rotatable bonds is 44. The Morgan fingerprint density at radius 2 is 0.982 bits per heavy atom. The van der Waals surface area contributed by atoms with Gasteiger partial charge in [0.25, 0.3) is 0 Å². The molecular formula is C45H87O9P. The summed E-state index contributed by atoms with van der Waals surface area (Å²) in [4.78, 5) is 22.6. The Hall–Kier alpha value is -1.06. The van der Waals surface area contributed by atoms with Gasteiger partial charge >= 0.3 is 13.8 Å². The minimum atomic E-state index is -4.51. The molecule has 3 unspecified atom stereocenters. The van der Waals surface area contributed by atoms with E-state index in [1.54, 1.807) is 0 Å². The van der Waals surface area contributed by atoms with E-state index in [1.807, 2.05) is 0 Å². The minimum absolute atomic E-state index is 0.0518. The Morgan fingerprint density at radius 3 is 1.45 bits per heavy atom. The first-order valence-electron chi connectivity index (χ1n) is 22.8. The minimum Gasteiger partial charge on any atom is -0.457 e. The van der Waals surface area contributed by atoms with Crippen LogP contribution in [0.3, 0.4) is 0 Å². The first kappa shape index (κ1) is 53.9. The van der Waals surface area contributed by atoms with Gasteiger partial charge < -0.3 is 24.6 Å². The molecule has 0 fully saturated rings. The molecule has 0 amide bonds. The van der Waals surface area contributed by atoms with Gasteiger partial charge in [-0.25, -0.2) is 4.57 Å². The fourth-order valence-corrected chi connectivity index (χ4v) is 7.18. The van der Waals surface area contributed by atoms with E-state index in [9.17, 15) is 19.4 Å². The van der Waals surface area contributed by atoms with E-state index in [0.29, 0.717) is 6.61 Å². The van der Waals surface area contributed by atoms with Crippen molar-refractivity contribution >= 4 is 13.8 Å². The molecule has 0 heterocycles. The van der Waals surface area contributed by atoms with Crippen LogP contribution in [0.5, 0.6) is 0 Å². The molecule has 0 saturated carbocycles. The molecule has 0 bridgehead atoms. The summed E-state index contributed by atoms with van der Waals surface area (Å²) in [5.74, 6) is -0.384. The maximum absolute atomic E-state index is 12.6. The molecule has 0 spiro atoms. The Labute approximate surface area is 338 Å². The molecule has 3 atom stereocenters. The number of carbonyl (C=O) groups is 1. The van der Waals surface area contributed by atoms with Gasteiger partial charge in [-0.3, -0.25) is 13.8 Å². The van der Waals surface area contributed by atoms with Crippen molar-refractivity contribution in [1.82, 2.24) is 0 Å². The smallest absolute Gasteiger partial charge is 0.457 e. The molecule has 0 aliphatic carbocycles. The van der Waals surface area contributed by atoms with Gasteiger partial charge in [0.15, 0.2) is 0 Å². The highest BCUT2D eigenvalue weighted by atomic mass is 31.2. The fraction of sp³-hybridized carbons (Fsp3) is 0.889. The molecular weight excluding hydrogens is 715 g/mol. The van der Waals surface area contributed by atoms with Gasteiger partial charge in [0.05, 0.1) is 26.4 Å². The zero-order valence-electron chi connectivity index (χ0n) is 35.7. The van der Waals surface area contributed by atoms with Crippen molar-refractivity contribution < 1.29 is 43.0 Å². The molecule has 0 rings (SSSR count). The monoisotopic (exact) mass is 803 g/mol. The highest BCUT2D eigenvalue weighted by molar-refractivity contribution is 7.47. The average Bonchev–Trinajstić information content (AvgIpc) is 3.18. The Morgan fingerprint density at radius 1 is 0.564 bits per heavy atom. The van der Waals surface area contributed by atoms with E-state index >= 15 is 0 Å². The molecule has 0 aliphatic rings. The van der Waals surface area contributed by atoms with Crippen LogP contribution in [0.15, 0.2) is 24.3 Å². The third-order valence-electron chi connectivity index (χ3n) is 9.89. The molecule has 0 aromatic carbocycles. The van der Waals surface area contributed by atoms with Gasteiger partial charge in [0.2, 0.25) is 0 Å². The lowest BCUT2D eigenvalue weighted by Crippen LogP contribution is -2.29. The van der Waals surface area contributed by atoms with E-state index in [0.717, 1.165) is 38.5 Å². The first-order valence-corrected chi connectivity index (χ1v) is 24.3. The van der Waals surface area contributed by atoms with E-state index in [-0.39, 0.29) is 25.6 Å². The second-order valence-electron chi connectivity index (χ2n) is 15.4. The molecule has 0 aliphatic heterocycles. The summed E-state index contributed by atoms with van der Waals surface area (Å²) in [6.07, 6.45) is 44.2. The van der Waals surface area contributed by atoms with Crippen molar-refractivity contribution in [3.63, 3.8) is 0 Å². The second kappa shape index (κ2) is 42.5. The largest absolute Gasteiger partial charge is 0.472 e. The zero-order valence-corrected chi connectivity index (χ0v) is 36.6. The van der Waals surface area contributed by atoms with Crippen LogP contribution in [0, 0.1) is 0 Å². The third kappa shape index (κ3) is 42.4. The molecule has 0 radical (unpaired) electrons. The van der Waals surface area contributed by atoms with Crippen LogP contribution < -0.4 is 0 Å². The Bertz CT molecular complexity index is 913. The number of ether oxygens (including phenoxy) is 2. The lowest BCUT2D eigenvalue weighted by Gasteiger charge is -2.20. The van der Waals surface area contributed by atoms with Crippen LogP contribution in [-0.2, 0) is 27.9 Å². The first-order chi connectivity index (χ1) is 26.8. The summed E-state index contributed by atoms with van der Waals surface area (Å²) >= 11 is 0. The zero-order chi connectivity index (χ0) is 40.3. The standard InChI is InChI=1S/C45H87O9P/c1-3-5-7-9-11-13-15-17-18-19-20-21-22-23-24-25-27-29-31-33-35-37-45(48)54-44(42-53-55(49,50)52-40-43(47)39-46)41-51-38-36-34-32-30-28-26-16-14-12-10-8-6-4-2/h15,17,19-20,43-44,46-47H,3-14,16,18,21-42H2,1-2H3,(H,49,50)/b17-15-,20-19-.